The van der Waals surface area contributed by atoms with Gasteiger partial charge in [0.2, 0.25) is 5.82 Å². The number of halogens is 1. The van der Waals surface area contributed by atoms with Crippen LogP contribution in [0, 0.1) is 0 Å². The van der Waals surface area contributed by atoms with Gasteiger partial charge < -0.3 is 4.74 Å². The van der Waals surface area contributed by atoms with Crippen molar-refractivity contribution < 1.29 is 13.2 Å². The first-order chi connectivity index (χ1) is 11.0. The van der Waals surface area contributed by atoms with E-state index < -0.39 is 10.0 Å². The Hall–Kier alpha value is -2.38. The quantitative estimate of drug-likeness (QED) is 0.782. The SMILES string of the molecule is COc1nc(Cl)cnc1NS(=O)(=O)c1cccc2ccccc12. The summed E-state index contributed by atoms with van der Waals surface area (Å²) in [7, 11) is -2.50. The number of benzene rings is 2. The molecule has 0 atom stereocenters. The van der Waals surface area contributed by atoms with Gasteiger partial charge in [-0.25, -0.2) is 13.4 Å². The number of ether oxygens (including phenoxy) is 1. The Morgan fingerprint density at radius 1 is 1.13 bits per heavy atom. The molecule has 0 spiro atoms. The van der Waals surface area contributed by atoms with Gasteiger partial charge in [-0.3, -0.25) is 4.72 Å². The van der Waals surface area contributed by atoms with E-state index in [4.69, 9.17) is 16.3 Å². The predicted octanol–water partition coefficient (Wildman–Crippen LogP) is 3.09. The molecule has 0 bridgehead atoms. The Labute approximate surface area is 138 Å². The number of hydrogen-bond donors (Lipinski definition) is 1. The van der Waals surface area contributed by atoms with Gasteiger partial charge in [0.15, 0.2) is 5.15 Å². The van der Waals surface area contributed by atoms with Crippen LogP contribution in [-0.4, -0.2) is 25.5 Å². The number of fused-ring (bicyclic) bond motifs is 1. The third-order valence-electron chi connectivity index (χ3n) is 3.17. The van der Waals surface area contributed by atoms with Crippen LogP contribution in [0.5, 0.6) is 5.88 Å². The number of anilines is 1. The predicted molar refractivity (Wildman–Crippen MR) is 88.4 cm³/mol. The second-order valence-corrected chi connectivity index (χ2v) is 6.67. The molecule has 2 aromatic carbocycles. The van der Waals surface area contributed by atoms with Crippen LogP contribution in [-0.2, 0) is 10.0 Å². The highest BCUT2D eigenvalue weighted by Gasteiger charge is 2.20. The fraction of sp³-hybridized carbons (Fsp3) is 0.0667. The molecule has 0 unspecified atom stereocenters. The summed E-state index contributed by atoms with van der Waals surface area (Å²) in [6.45, 7) is 0. The molecule has 6 nitrogen and oxygen atoms in total. The van der Waals surface area contributed by atoms with E-state index in [-0.39, 0.29) is 21.7 Å². The lowest BCUT2D eigenvalue weighted by molar-refractivity contribution is 0.398. The van der Waals surface area contributed by atoms with Crippen LogP contribution in [0.15, 0.2) is 53.6 Å². The van der Waals surface area contributed by atoms with Crippen LogP contribution in [0.25, 0.3) is 10.8 Å². The molecule has 0 saturated heterocycles. The first-order valence-electron chi connectivity index (χ1n) is 6.58. The van der Waals surface area contributed by atoms with E-state index in [1.54, 1.807) is 18.2 Å². The summed E-state index contributed by atoms with van der Waals surface area (Å²) in [4.78, 5) is 7.96. The molecule has 23 heavy (non-hydrogen) atoms. The van der Waals surface area contributed by atoms with Crippen molar-refractivity contribution >= 4 is 38.2 Å². The maximum Gasteiger partial charge on any atom is 0.263 e. The summed E-state index contributed by atoms with van der Waals surface area (Å²) in [5.74, 6) is -0.0221. The van der Waals surface area contributed by atoms with Gasteiger partial charge in [-0.2, -0.15) is 4.98 Å². The first kappa shape index (κ1) is 15.5. The van der Waals surface area contributed by atoms with E-state index in [0.29, 0.717) is 5.39 Å². The van der Waals surface area contributed by atoms with Crippen molar-refractivity contribution in [2.24, 2.45) is 0 Å². The molecular formula is C15H12ClN3O3S. The fourth-order valence-electron chi connectivity index (χ4n) is 2.18. The minimum Gasteiger partial charge on any atom is -0.478 e. The van der Waals surface area contributed by atoms with Gasteiger partial charge in [0.05, 0.1) is 18.2 Å². The normalized spacial score (nSPS) is 11.4. The Morgan fingerprint density at radius 3 is 2.65 bits per heavy atom. The molecule has 0 aliphatic heterocycles. The van der Waals surface area contributed by atoms with Crippen LogP contribution < -0.4 is 9.46 Å². The molecule has 1 N–H and O–H groups in total. The van der Waals surface area contributed by atoms with Gasteiger partial charge in [0.1, 0.15) is 0 Å². The Balaban J connectivity index is 2.08. The lowest BCUT2D eigenvalue weighted by Gasteiger charge is -2.11. The molecule has 118 valence electrons. The van der Waals surface area contributed by atoms with Gasteiger partial charge in [-0.15, -0.1) is 0 Å². The van der Waals surface area contributed by atoms with Crippen LogP contribution >= 0.6 is 11.6 Å². The van der Waals surface area contributed by atoms with E-state index in [2.05, 4.69) is 14.7 Å². The second kappa shape index (κ2) is 6.02. The minimum atomic E-state index is -3.86. The van der Waals surface area contributed by atoms with Gasteiger partial charge >= 0.3 is 0 Å². The Kier molecular flexibility index (Phi) is 4.06. The first-order valence-corrected chi connectivity index (χ1v) is 8.44. The van der Waals surface area contributed by atoms with E-state index in [1.165, 1.54) is 19.4 Å². The molecule has 0 saturated carbocycles. The lowest BCUT2D eigenvalue weighted by Crippen LogP contribution is -2.15. The van der Waals surface area contributed by atoms with Gasteiger partial charge in [-0.05, 0) is 11.5 Å². The smallest absolute Gasteiger partial charge is 0.263 e. The van der Waals surface area contributed by atoms with E-state index in [1.807, 2.05) is 18.2 Å². The Morgan fingerprint density at radius 2 is 1.87 bits per heavy atom. The zero-order chi connectivity index (χ0) is 16.4. The van der Waals surface area contributed by atoms with Crippen LogP contribution in [0.2, 0.25) is 5.15 Å². The van der Waals surface area contributed by atoms with E-state index >= 15 is 0 Å². The van der Waals surface area contributed by atoms with Crippen molar-refractivity contribution in [3.63, 3.8) is 0 Å². The molecule has 0 aliphatic carbocycles. The highest BCUT2D eigenvalue weighted by molar-refractivity contribution is 7.93. The molecule has 1 heterocycles. The zero-order valence-corrected chi connectivity index (χ0v) is 13.6. The maximum atomic E-state index is 12.7. The molecule has 0 radical (unpaired) electrons. The maximum absolute atomic E-state index is 12.7. The van der Waals surface area contributed by atoms with Crippen molar-refractivity contribution in [3.8, 4) is 5.88 Å². The van der Waals surface area contributed by atoms with E-state index in [0.717, 1.165) is 5.39 Å². The van der Waals surface area contributed by atoms with Crippen molar-refractivity contribution in [1.82, 2.24) is 9.97 Å². The molecular weight excluding hydrogens is 338 g/mol. The number of sulfonamides is 1. The Bertz CT molecular complexity index is 971. The van der Waals surface area contributed by atoms with Gasteiger partial charge in [-0.1, -0.05) is 48.0 Å². The number of hydrogen-bond acceptors (Lipinski definition) is 5. The average Bonchev–Trinajstić information content (AvgIpc) is 2.55. The van der Waals surface area contributed by atoms with E-state index in [9.17, 15) is 8.42 Å². The third-order valence-corrected chi connectivity index (χ3v) is 4.75. The summed E-state index contributed by atoms with van der Waals surface area (Å²) in [5, 5.41) is 1.54. The highest BCUT2D eigenvalue weighted by Crippen LogP contribution is 2.27. The number of rotatable bonds is 4. The summed E-state index contributed by atoms with van der Waals surface area (Å²) < 4.78 is 32.8. The van der Waals surface area contributed by atoms with Crippen molar-refractivity contribution in [2.75, 3.05) is 11.8 Å². The van der Waals surface area contributed by atoms with Crippen molar-refractivity contribution in [1.29, 1.82) is 0 Å². The zero-order valence-electron chi connectivity index (χ0n) is 12.0. The molecule has 0 amide bonds. The summed E-state index contributed by atoms with van der Waals surface area (Å²) in [6.07, 6.45) is 1.24. The second-order valence-electron chi connectivity index (χ2n) is 4.63. The minimum absolute atomic E-state index is 0.00121. The number of aromatic nitrogens is 2. The van der Waals surface area contributed by atoms with Gasteiger partial charge in [0, 0.05) is 5.39 Å². The summed E-state index contributed by atoms with van der Waals surface area (Å²) >= 11 is 5.73. The van der Waals surface area contributed by atoms with Crippen LogP contribution in [0.4, 0.5) is 5.82 Å². The van der Waals surface area contributed by atoms with Crippen molar-refractivity contribution in [2.45, 2.75) is 4.90 Å². The highest BCUT2D eigenvalue weighted by atomic mass is 35.5. The molecule has 0 aliphatic rings. The molecule has 1 aromatic heterocycles. The molecule has 3 rings (SSSR count). The number of methoxy groups -OCH3 is 1. The van der Waals surface area contributed by atoms with Crippen LogP contribution in [0.1, 0.15) is 0 Å². The third kappa shape index (κ3) is 3.06. The number of nitrogens with zero attached hydrogens (tertiary/aromatic N) is 2. The molecule has 0 fully saturated rings. The van der Waals surface area contributed by atoms with Crippen molar-refractivity contribution in [3.05, 3.63) is 53.8 Å². The standard InChI is InChI=1S/C15H12ClN3O3S/c1-22-15-14(17-9-13(16)18-15)19-23(20,21)12-8-4-6-10-5-2-3-7-11(10)12/h2-9H,1H3,(H,17,19). The lowest BCUT2D eigenvalue weighted by atomic mass is 10.1. The monoisotopic (exact) mass is 349 g/mol. The summed E-state index contributed by atoms with van der Waals surface area (Å²) in [6, 6.07) is 12.3. The molecule has 3 aromatic rings. The average molecular weight is 350 g/mol. The summed E-state index contributed by atoms with van der Waals surface area (Å²) in [5.41, 5.74) is 0. The largest absolute Gasteiger partial charge is 0.478 e. The fourth-order valence-corrected chi connectivity index (χ4v) is 3.54. The van der Waals surface area contributed by atoms with Crippen LogP contribution in [0.3, 0.4) is 0 Å². The number of nitrogens with one attached hydrogen (secondary N) is 1. The topological polar surface area (TPSA) is 81.2 Å². The van der Waals surface area contributed by atoms with Gasteiger partial charge in [0.25, 0.3) is 15.9 Å². The molecule has 8 heteroatoms.